The molecule has 6 heteroatoms. The molecule has 0 amide bonds. The van der Waals surface area contributed by atoms with Crippen LogP contribution >= 0.6 is 0 Å². The summed E-state index contributed by atoms with van der Waals surface area (Å²) in [5, 5.41) is 2.11. The molecule has 1 N–H and O–H groups in total. The Bertz CT molecular complexity index is 284. The van der Waals surface area contributed by atoms with Crippen molar-refractivity contribution >= 4 is 9.84 Å². The number of hydrogen-bond acceptors (Lipinski definition) is 5. The molecule has 16 heavy (non-hydrogen) atoms. The van der Waals surface area contributed by atoms with E-state index in [2.05, 4.69) is 22.4 Å². The van der Waals surface area contributed by atoms with Gasteiger partial charge in [0.05, 0.1) is 5.75 Å². The van der Waals surface area contributed by atoms with Crippen LogP contribution in [0.3, 0.4) is 0 Å². The molecule has 0 aliphatic carbocycles. The van der Waals surface area contributed by atoms with Gasteiger partial charge < -0.3 is 4.90 Å². The molecule has 0 aromatic heterocycles. The molecule has 1 fully saturated rings. The van der Waals surface area contributed by atoms with E-state index in [1.807, 2.05) is 6.92 Å². The van der Waals surface area contributed by atoms with Gasteiger partial charge in [0.25, 0.3) is 0 Å². The Hall–Kier alpha value is -0.170. The third-order valence-electron chi connectivity index (χ3n) is 2.77. The topological polar surface area (TPSA) is 52.7 Å². The first-order valence-electron chi connectivity index (χ1n) is 5.91. The molecule has 0 aromatic carbocycles. The standard InChI is InChI=1S/C10H23N3O2S/c1-3-9-16(14,15)10-4-11-13-7-5-12(2)6-8-13/h11H,3-10H2,1-2H3. The van der Waals surface area contributed by atoms with Crippen LogP contribution in [0.15, 0.2) is 0 Å². The molecule has 1 heterocycles. The fraction of sp³-hybridized carbons (Fsp3) is 1.00. The minimum absolute atomic E-state index is 0.243. The maximum atomic E-state index is 11.5. The molecule has 0 atom stereocenters. The van der Waals surface area contributed by atoms with Crippen molar-refractivity contribution in [2.45, 2.75) is 13.3 Å². The van der Waals surface area contributed by atoms with Crippen molar-refractivity contribution in [2.24, 2.45) is 0 Å². The second kappa shape index (κ2) is 6.54. The summed E-state index contributed by atoms with van der Waals surface area (Å²) >= 11 is 0. The molecule has 0 radical (unpaired) electrons. The summed E-state index contributed by atoms with van der Waals surface area (Å²) < 4.78 is 22.9. The highest BCUT2D eigenvalue weighted by Gasteiger charge is 2.14. The molecule has 0 unspecified atom stereocenters. The third kappa shape index (κ3) is 5.25. The summed E-state index contributed by atoms with van der Waals surface area (Å²) in [6, 6.07) is 0. The number of hydrazine groups is 1. The first-order chi connectivity index (χ1) is 7.53. The van der Waals surface area contributed by atoms with E-state index >= 15 is 0 Å². The van der Waals surface area contributed by atoms with E-state index in [4.69, 9.17) is 0 Å². The highest BCUT2D eigenvalue weighted by Crippen LogP contribution is 1.96. The van der Waals surface area contributed by atoms with Gasteiger partial charge in [-0.1, -0.05) is 6.92 Å². The van der Waals surface area contributed by atoms with Gasteiger partial charge in [0, 0.05) is 38.5 Å². The molecular weight excluding hydrogens is 226 g/mol. The minimum Gasteiger partial charge on any atom is -0.304 e. The van der Waals surface area contributed by atoms with Gasteiger partial charge in [-0.2, -0.15) is 0 Å². The average Bonchev–Trinajstić information content (AvgIpc) is 2.20. The van der Waals surface area contributed by atoms with Gasteiger partial charge >= 0.3 is 0 Å². The predicted molar refractivity (Wildman–Crippen MR) is 66.0 cm³/mol. The molecule has 0 aromatic rings. The molecular formula is C10H23N3O2S. The number of nitrogens with zero attached hydrogens (tertiary/aromatic N) is 2. The Morgan fingerprint density at radius 1 is 1.12 bits per heavy atom. The number of rotatable bonds is 6. The summed E-state index contributed by atoms with van der Waals surface area (Å²) in [7, 11) is -0.743. The zero-order valence-electron chi connectivity index (χ0n) is 10.3. The van der Waals surface area contributed by atoms with Crippen molar-refractivity contribution in [3.8, 4) is 0 Å². The summed E-state index contributed by atoms with van der Waals surface area (Å²) in [6.45, 7) is 6.43. The molecule has 1 aliphatic heterocycles. The van der Waals surface area contributed by atoms with Gasteiger partial charge in [-0.3, -0.25) is 5.43 Å². The minimum atomic E-state index is -2.84. The van der Waals surface area contributed by atoms with E-state index in [9.17, 15) is 8.42 Å². The van der Waals surface area contributed by atoms with Crippen molar-refractivity contribution in [1.29, 1.82) is 0 Å². The van der Waals surface area contributed by atoms with Crippen LogP contribution in [0, 0.1) is 0 Å². The van der Waals surface area contributed by atoms with E-state index in [0.29, 0.717) is 18.7 Å². The van der Waals surface area contributed by atoms with E-state index in [-0.39, 0.29) is 5.75 Å². The van der Waals surface area contributed by atoms with Crippen LogP contribution in [0.25, 0.3) is 0 Å². The lowest BCUT2D eigenvalue weighted by Crippen LogP contribution is -2.51. The van der Waals surface area contributed by atoms with Crippen LogP contribution in [0.2, 0.25) is 0 Å². The van der Waals surface area contributed by atoms with E-state index in [1.165, 1.54) is 0 Å². The van der Waals surface area contributed by atoms with Crippen LogP contribution in [0.4, 0.5) is 0 Å². The molecule has 1 rings (SSSR count). The van der Waals surface area contributed by atoms with Crippen LogP contribution < -0.4 is 5.43 Å². The second-order valence-electron chi connectivity index (χ2n) is 4.35. The lowest BCUT2D eigenvalue weighted by Gasteiger charge is -2.32. The monoisotopic (exact) mass is 249 g/mol. The maximum Gasteiger partial charge on any atom is 0.151 e. The van der Waals surface area contributed by atoms with Crippen LogP contribution in [0.1, 0.15) is 13.3 Å². The summed E-state index contributed by atoms with van der Waals surface area (Å²) in [5.41, 5.74) is 3.18. The Balaban J connectivity index is 2.16. The third-order valence-corrected chi connectivity index (χ3v) is 4.62. The van der Waals surface area contributed by atoms with Crippen LogP contribution in [-0.4, -0.2) is 69.6 Å². The molecule has 5 nitrogen and oxygen atoms in total. The molecule has 1 saturated heterocycles. The first kappa shape index (κ1) is 13.9. The normalized spacial score (nSPS) is 20.1. The van der Waals surface area contributed by atoms with E-state index < -0.39 is 9.84 Å². The molecule has 96 valence electrons. The first-order valence-corrected chi connectivity index (χ1v) is 7.73. The summed E-state index contributed by atoms with van der Waals surface area (Å²) in [6.07, 6.45) is 0.705. The van der Waals surface area contributed by atoms with Crippen molar-refractivity contribution in [1.82, 2.24) is 15.3 Å². The molecule has 0 bridgehead atoms. The zero-order valence-corrected chi connectivity index (χ0v) is 11.1. The fourth-order valence-corrected chi connectivity index (χ4v) is 2.97. The highest BCUT2D eigenvalue weighted by atomic mass is 32.2. The predicted octanol–water partition coefficient (Wildman–Crippen LogP) is -0.437. The number of likely N-dealkylation sites (N-methyl/N-ethyl adjacent to an activating group) is 1. The number of sulfone groups is 1. The van der Waals surface area contributed by atoms with Crippen molar-refractivity contribution in [3.63, 3.8) is 0 Å². The lowest BCUT2D eigenvalue weighted by molar-refractivity contribution is 0.107. The number of hydrogen-bond donors (Lipinski definition) is 1. The van der Waals surface area contributed by atoms with Crippen molar-refractivity contribution in [3.05, 3.63) is 0 Å². The van der Waals surface area contributed by atoms with E-state index in [0.717, 1.165) is 26.2 Å². The fourth-order valence-electron chi connectivity index (χ4n) is 1.74. The largest absolute Gasteiger partial charge is 0.304 e. The van der Waals surface area contributed by atoms with Gasteiger partial charge in [0.15, 0.2) is 9.84 Å². The van der Waals surface area contributed by atoms with Gasteiger partial charge in [0.2, 0.25) is 0 Å². The van der Waals surface area contributed by atoms with Gasteiger partial charge in [-0.05, 0) is 13.5 Å². The Morgan fingerprint density at radius 2 is 1.75 bits per heavy atom. The molecule has 0 spiro atoms. The Morgan fingerprint density at radius 3 is 2.31 bits per heavy atom. The van der Waals surface area contributed by atoms with Gasteiger partial charge in [-0.25, -0.2) is 13.4 Å². The lowest BCUT2D eigenvalue weighted by atomic mass is 10.4. The SMILES string of the molecule is CCCS(=O)(=O)CCNN1CCN(C)CC1. The van der Waals surface area contributed by atoms with Crippen LogP contribution in [0.5, 0.6) is 0 Å². The molecule has 1 aliphatic rings. The molecule has 0 saturated carbocycles. The smallest absolute Gasteiger partial charge is 0.151 e. The maximum absolute atomic E-state index is 11.5. The quantitative estimate of drug-likeness (QED) is 0.692. The number of piperazine rings is 1. The summed E-state index contributed by atoms with van der Waals surface area (Å²) in [4.78, 5) is 2.27. The second-order valence-corrected chi connectivity index (χ2v) is 6.65. The van der Waals surface area contributed by atoms with Crippen LogP contribution in [-0.2, 0) is 9.84 Å². The van der Waals surface area contributed by atoms with Gasteiger partial charge in [-0.15, -0.1) is 0 Å². The zero-order chi connectivity index (χ0) is 12.0. The van der Waals surface area contributed by atoms with Gasteiger partial charge in [0.1, 0.15) is 0 Å². The summed E-state index contributed by atoms with van der Waals surface area (Å²) in [5.74, 6) is 0.546. The van der Waals surface area contributed by atoms with E-state index in [1.54, 1.807) is 0 Å². The van der Waals surface area contributed by atoms with Crippen molar-refractivity contribution in [2.75, 3.05) is 51.3 Å². The van der Waals surface area contributed by atoms with Crippen molar-refractivity contribution < 1.29 is 8.42 Å². The highest BCUT2D eigenvalue weighted by molar-refractivity contribution is 7.91. The Kier molecular flexibility index (Phi) is 5.68. The average molecular weight is 249 g/mol. The Labute approximate surface area is 98.7 Å². The number of nitrogens with one attached hydrogen (secondary N) is 1.